The van der Waals surface area contributed by atoms with E-state index in [2.05, 4.69) is 0 Å². The Hall–Kier alpha value is -1.82. The second kappa shape index (κ2) is 8.15. The van der Waals surface area contributed by atoms with Gasteiger partial charge in [-0.05, 0) is 17.7 Å². The number of hydrogen-bond acceptors (Lipinski definition) is 3. The molecule has 0 aliphatic carbocycles. The molecule has 0 bridgehead atoms. The van der Waals surface area contributed by atoms with Crippen molar-refractivity contribution in [3.05, 3.63) is 70.2 Å². The van der Waals surface area contributed by atoms with Crippen molar-refractivity contribution < 1.29 is 18.2 Å². The van der Waals surface area contributed by atoms with Crippen LogP contribution in [0.25, 0.3) is 11.5 Å². The van der Waals surface area contributed by atoms with Crippen molar-refractivity contribution in [2.75, 3.05) is 14.2 Å². The first-order chi connectivity index (χ1) is 11.1. The number of rotatable bonds is 6. The Morgan fingerprint density at radius 3 is 2.30 bits per heavy atom. The average Bonchev–Trinajstić information content (AvgIpc) is 2.54. The molecule has 2 aromatic carbocycles. The molecular formula is C17H17ClO4S. The zero-order valence-corrected chi connectivity index (χ0v) is 14.4. The van der Waals surface area contributed by atoms with Gasteiger partial charge in [-0.3, -0.25) is 0 Å². The Balaban J connectivity index is 2.66. The van der Waals surface area contributed by atoms with Crippen molar-refractivity contribution in [1.82, 2.24) is 0 Å². The van der Waals surface area contributed by atoms with Crippen LogP contribution in [-0.2, 0) is 26.3 Å². The average molecular weight is 353 g/mol. The molecule has 2 aromatic rings. The van der Waals surface area contributed by atoms with Crippen LogP contribution >= 0.6 is 11.6 Å². The summed E-state index contributed by atoms with van der Waals surface area (Å²) in [5.41, 5.74) is 2.11. The lowest BCUT2D eigenvalue weighted by Gasteiger charge is -2.16. The monoisotopic (exact) mass is 352 g/mol. The van der Waals surface area contributed by atoms with E-state index in [1.165, 1.54) is 7.11 Å². The summed E-state index contributed by atoms with van der Waals surface area (Å²) >= 11 is 4.12. The van der Waals surface area contributed by atoms with E-state index in [9.17, 15) is 8.76 Å². The highest BCUT2D eigenvalue weighted by Gasteiger charge is 2.18. The molecule has 0 saturated carbocycles. The fourth-order valence-corrected chi connectivity index (χ4v) is 2.96. The molecule has 0 aromatic heterocycles. The first-order valence-corrected chi connectivity index (χ1v) is 8.46. The molecule has 1 atom stereocenters. The molecule has 0 spiro atoms. The smallest absolute Gasteiger partial charge is 0.168 e. The van der Waals surface area contributed by atoms with E-state index in [0.29, 0.717) is 27.7 Å². The minimum Gasteiger partial charge on any atom is -0.492 e. The molecule has 0 fully saturated rings. The lowest BCUT2D eigenvalue weighted by molar-refractivity contribution is 0.328. The zero-order chi connectivity index (χ0) is 16.8. The van der Waals surface area contributed by atoms with Crippen molar-refractivity contribution in [1.29, 1.82) is 0 Å². The van der Waals surface area contributed by atoms with Gasteiger partial charge in [0.25, 0.3) is 0 Å². The third kappa shape index (κ3) is 4.34. The van der Waals surface area contributed by atoms with E-state index in [1.807, 2.05) is 30.3 Å². The molecule has 23 heavy (non-hydrogen) atoms. The molecule has 122 valence electrons. The first kappa shape index (κ1) is 17.5. The fraction of sp³-hybridized carbons (Fsp3) is 0.176. The van der Waals surface area contributed by atoms with Gasteiger partial charge < -0.3 is 14.0 Å². The van der Waals surface area contributed by atoms with Crippen LogP contribution in [-0.4, -0.2) is 23.0 Å². The highest BCUT2D eigenvalue weighted by atomic mass is 35.5. The maximum Gasteiger partial charge on any atom is 0.168 e. The van der Waals surface area contributed by atoms with Gasteiger partial charge in [-0.15, -0.1) is 0 Å². The van der Waals surface area contributed by atoms with Crippen molar-refractivity contribution >= 4 is 34.2 Å². The van der Waals surface area contributed by atoms with E-state index < -0.39 is 11.1 Å². The summed E-state index contributed by atoms with van der Waals surface area (Å²) in [5, 5.41) is 0.505. The van der Waals surface area contributed by atoms with Gasteiger partial charge in [0, 0.05) is 16.1 Å². The van der Waals surface area contributed by atoms with Crippen molar-refractivity contribution in [2.24, 2.45) is 0 Å². The molecule has 0 amide bonds. The van der Waals surface area contributed by atoms with Gasteiger partial charge in [0.2, 0.25) is 0 Å². The summed E-state index contributed by atoms with van der Waals surface area (Å²) in [6.07, 6.45) is 0. The van der Waals surface area contributed by atoms with Gasteiger partial charge in [-0.2, -0.15) is 0 Å². The molecule has 0 radical (unpaired) electrons. The van der Waals surface area contributed by atoms with Crippen molar-refractivity contribution in [3.8, 4) is 0 Å². The van der Waals surface area contributed by atoms with Crippen molar-refractivity contribution in [2.45, 2.75) is 5.75 Å². The fourth-order valence-electron chi connectivity index (χ4n) is 2.28. The number of halogens is 1. The molecule has 4 nitrogen and oxygen atoms in total. The largest absolute Gasteiger partial charge is 0.492 e. The summed E-state index contributed by atoms with van der Waals surface area (Å²) in [5.74, 6) is 0.965. The summed E-state index contributed by atoms with van der Waals surface area (Å²) in [6.45, 7) is 0. The standard InChI is InChI=1S/C17H17ClO4S/c1-21-16(12-6-4-3-5-7-12)17(22-2)15-10-14(18)9-8-13(15)11-23(19)20/h3-10H,11H2,1-2H3,(H,19,20). The third-order valence-electron chi connectivity index (χ3n) is 3.25. The summed E-state index contributed by atoms with van der Waals surface area (Å²) in [6, 6.07) is 14.6. The third-order valence-corrected chi connectivity index (χ3v) is 4.04. The number of ether oxygens (including phenoxy) is 2. The lowest BCUT2D eigenvalue weighted by atomic mass is 10.0. The van der Waals surface area contributed by atoms with E-state index in [-0.39, 0.29) is 5.75 Å². The first-order valence-electron chi connectivity index (χ1n) is 6.80. The molecule has 1 unspecified atom stereocenters. The van der Waals surface area contributed by atoms with Crippen LogP contribution in [0, 0.1) is 0 Å². The number of hydrogen-bond donors (Lipinski definition) is 1. The van der Waals surface area contributed by atoms with Crippen LogP contribution in [0.15, 0.2) is 48.5 Å². The van der Waals surface area contributed by atoms with Gasteiger partial charge in [0.15, 0.2) is 22.6 Å². The van der Waals surface area contributed by atoms with Gasteiger partial charge in [0.1, 0.15) is 0 Å². The molecule has 2 rings (SSSR count). The summed E-state index contributed by atoms with van der Waals surface area (Å²) < 4.78 is 31.5. The maximum absolute atomic E-state index is 11.2. The Morgan fingerprint density at radius 2 is 1.74 bits per heavy atom. The summed E-state index contributed by atoms with van der Waals surface area (Å²) in [4.78, 5) is 0. The van der Waals surface area contributed by atoms with Crippen LogP contribution in [0.4, 0.5) is 0 Å². The van der Waals surface area contributed by atoms with Crippen LogP contribution in [0.2, 0.25) is 5.02 Å². The Morgan fingerprint density at radius 1 is 1.09 bits per heavy atom. The summed E-state index contributed by atoms with van der Waals surface area (Å²) in [7, 11) is 3.08. The minimum atomic E-state index is -1.97. The Bertz CT molecular complexity index is 729. The maximum atomic E-state index is 11.2. The zero-order valence-electron chi connectivity index (χ0n) is 12.8. The highest BCUT2D eigenvalue weighted by Crippen LogP contribution is 2.31. The molecule has 0 aliphatic rings. The molecular weight excluding hydrogens is 336 g/mol. The SMILES string of the molecule is COC(=C(OC)c1cc(Cl)ccc1CS(=O)O)c1ccccc1. The highest BCUT2D eigenvalue weighted by molar-refractivity contribution is 7.78. The lowest BCUT2D eigenvalue weighted by Crippen LogP contribution is -2.03. The normalized spacial score (nSPS) is 13.2. The van der Waals surface area contributed by atoms with E-state index >= 15 is 0 Å². The van der Waals surface area contributed by atoms with Crippen LogP contribution < -0.4 is 0 Å². The number of methoxy groups -OCH3 is 2. The minimum absolute atomic E-state index is 0.0227. The van der Waals surface area contributed by atoms with Gasteiger partial charge in [-0.25, -0.2) is 4.21 Å². The van der Waals surface area contributed by atoms with E-state index in [4.69, 9.17) is 21.1 Å². The van der Waals surface area contributed by atoms with Crippen LogP contribution in [0.1, 0.15) is 16.7 Å². The van der Waals surface area contributed by atoms with Crippen LogP contribution in [0.5, 0.6) is 0 Å². The predicted octanol–water partition coefficient (Wildman–Crippen LogP) is 4.18. The molecule has 0 heterocycles. The topological polar surface area (TPSA) is 55.8 Å². The quantitative estimate of drug-likeness (QED) is 0.481. The molecule has 0 aliphatic heterocycles. The molecule has 1 N–H and O–H groups in total. The molecule has 0 saturated heterocycles. The van der Waals surface area contributed by atoms with Gasteiger partial charge in [-0.1, -0.05) is 48.0 Å². The van der Waals surface area contributed by atoms with Crippen LogP contribution in [0.3, 0.4) is 0 Å². The second-order valence-corrected chi connectivity index (χ2v) is 6.07. The predicted molar refractivity (Wildman–Crippen MR) is 93.2 cm³/mol. The van der Waals surface area contributed by atoms with Gasteiger partial charge >= 0.3 is 0 Å². The number of benzene rings is 2. The Kier molecular flexibility index (Phi) is 6.21. The molecule has 6 heteroatoms. The Labute approximate surface area is 143 Å². The van der Waals surface area contributed by atoms with E-state index in [1.54, 1.807) is 25.3 Å². The van der Waals surface area contributed by atoms with Gasteiger partial charge in [0.05, 0.1) is 20.0 Å². The van der Waals surface area contributed by atoms with E-state index in [0.717, 1.165) is 5.56 Å². The second-order valence-electron chi connectivity index (χ2n) is 4.70. The van der Waals surface area contributed by atoms with Crippen molar-refractivity contribution in [3.63, 3.8) is 0 Å².